The number of hydrogen-bond donors (Lipinski definition) is 0. The Morgan fingerprint density at radius 1 is 1.27 bits per heavy atom. The molecule has 0 aliphatic heterocycles. The SMILES string of the molecule is COc1cccc(C)c1-c1nc(C)no1. The van der Waals surface area contributed by atoms with Gasteiger partial charge in [0.05, 0.1) is 12.7 Å². The number of benzene rings is 1. The zero-order valence-electron chi connectivity index (χ0n) is 8.94. The summed E-state index contributed by atoms with van der Waals surface area (Å²) in [6.07, 6.45) is 0. The number of methoxy groups -OCH3 is 1. The van der Waals surface area contributed by atoms with Crippen LogP contribution in [0.15, 0.2) is 22.7 Å². The van der Waals surface area contributed by atoms with E-state index in [2.05, 4.69) is 10.1 Å². The van der Waals surface area contributed by atoms with E-state index in [1.165, 1.54) is 0 Å². The fraction of sp³-hybridized carbons (Fsp3) is 0.273. The van der Waals surface area contributed by atoms with E-state index >= 15 is 0 Å². The molecule has 0 fully saturated rings. The van der Waals surface area contributed by atoms with E-state index in [0.29, 0.717) is 11.7 Å². The normalized spacial score (nSPS) is 10.3. The monoisotopic (exact) mass is 204 g/mol. The predicted octanol–water partition coefficient (Wildman–Crippen LogP) is 2.36. The first-order valence-corrected chi connectivity index (χ1v) is 4.66. The maximum Gasteiger partial charge on any atom is 0.261 e. The number of aromatic nitrogens is 2. The first-order chi connectivity index (χ1) is 7.22. The van der Waals surface area contributed by atoms with Gasteiger partial charge in [0, 0.05) is 0 Å². The van der Waals surface area contributed by atoms with Gasteiger partial charge in [-0.2, -0.15) is 4.98 Å². The Balaban J connectivity index is 2.60. The molecule has 4 heteroatoms. The maximum atomic E-state index is 5.26. The number of ether oxygens (including phenoxy) is 1. The molecule has 15 heavy (non-hydrogen) atoms. The van der Waals surface area contributed by atoms with E-state index in [9.17, 15) is 0 Å². The van der Waals surface area contributed by atoms with E-state index in [4.69, 9.17) is 9.26 Å². The van der Waals surface area contributed by atoms with Crippen LogP contribution in [0.1, 0.15) is 11.4 Å². The number of nitrogens with zero attached hydrogens (tertiary/aromatic N) is 2. The van der Waals surface area contributed by atoms with Gasteiger partial charge in [-0.05, 0) is 25.5 Å². The lowest BCUT2D eigenvalue weighted by molar-refractivity contribution is 0.403. The molecule has 0 radical (unpaired) electrons. The average molecular weight is 204 g/mol. The van der Waals surface area contributed by atoms with E-state index in [1.54, 1.807) is 14.0 Å². The minimum absolute atomic E-state index is 0.502. The Labute approximate surface area is 87.9 Å². The van der Waals surface area contributed by atoms with E-state index < -0.39 is 0 Å². The lowest BCUT2D eigenvalue weighted by atomic mass is 10.1. The average Bonchev–Trinajstić information content (AvgIpc) is 2.64. The standard InChI is InChI=1S/C11H12N2O2/c1-7-5-4-6-9(14-3)10(7)11-12-8(2)13-15-11/h4-6H,1-3H3. The van der Waals surface area contributed by atoms with Crippen molar-refractivity contribution in [2.24, 2.45) is 0 Å². The molecule has 78 valence electrons. The number of rotatable bonds is 2. The highest BCUT2D eigenvalue weighted by Crippen LogP contribution is 2.31. The van der Waals surface area contributed by atoms with E-state index in [1.807, 2.05) is 25.1 Å². The zero-order valence-corrected chi connectivity index (χ0v) is 8.94. The molecule has 1 aromatic carbocycles. The maximum absolute atomic E-state index is 5.26. The summed E-state index contributed by atoms with van der Waals surface area (Å²) >= 11 is 0. The molecule has 0 saturated heterocycles. The van der Waals surface area contributed by atoms with Gasteiger partial charge < -0.3 is 9.26 Å². The van der Waals surface area contributed by atoms with Gasteiger partial charge in [0.1, 0.15) is 5.75 Å². The lowest BCUT2D eigenvalue weighted by Crippen LogP contribution is -1.90. The van der Waals surface area contributed by atoms with Crippen LogP contribution in [0.2, 0.25) is 0 Å². The molecule has 2 rings (SSSR count). The van der Waals surface area contributed by atoms with Crippen LogP contribution < -0.4 is 4.74 Å². The zero-order chi connectivity index (χ0) is 10.8. The fourth-order valence-corrected chi connectivity index (χ4v) is 1.48. The number of aryl methyl sites for hydroxylation is 2. The summed E-state index contributed by atoms with van der Waals surface area (Å²) in [6, 6.07) is 5.79. The van der Waals surface area contributed by atoms with Gasteiger partial charge in [-0.15, -0.1) is 0 Å². The quantitative estimate of drug-likeness (QED) is 0.753. The second-order valence-corrected chi connectivity index (χ2v) is 3.30. The summed E-state index contributed by atoms with van der Waals surface area (Å²) < 4.78 is 10.4. The third-order valence-corrected chi connectivity index (χ3v) is 2.20. The van der Waals surface area contributed by atoms with Crippen LogP contribution in [0.25, 0.3) is 11.5 Å². The second-order valence-electron chi connectivity index (χ2n) is 3.30. The summed E-state index contributed by atoms with van der Waals surface area (Å²) in [5, 5.41) is 3.77. The molecule has 0 bridgehead atoms. The fourth-order valence-electron chi connectivity index (χ4n) is 1.48. The van der Waals surface area contributed by atoms with Gasteiger partial charge in [-0.3, -0.25) is 0 Å². The van der Waals surface area contributed by atoms with Crippen molar-refractivity contribution in [1.29, 1.82) is 0 Å². The lowest BCUT2D eigenvalue weighted by Gasteiger charge is -2.06. The first-order valence-electron chi connectivity index (χ1n) is 4.66. The van der Waals surface area contributed by atoms with Crippen LogP contribution in [-0.2, 0) is 0 Å². The molecule has 0 amide bonds. The third kappa shape index (κ3) is 1.70. The number of hydrogen-bond acceptors (Lipinski definition) is 4. The smallest absolute Gasteiger partial charge is 0.261 e. The van der Waals surface area contributed by atoms with Crippen LogP contribution in [0.4, 0.5) is 0 Å². The van der Waals surface area contributed by atoms with Crippen molar-refractivity contribution in [3.05, 3.63) is 29.6 Å². The van der Waals surface area contributed by atoms with Crippen LogP contribution >= 0.6 is 0 Å². The van der Waals surface area contributed by atoms with Crippen molar-refractivity contribution in [3.8, 4) is 17.2 Å². The summed E-state index contributed by atoms with van der Waals surface area (Å²) in [5.74, 6) is 1.87. The summed E-state index contributed by atoms with van der Waals surface area (Å²) in [5.41, 5.74) is 1.92. The van der Waals surface area contributed by atoms with E-state index in [0.717, 1.165) is 16.9 Å². The molecule has 4 nitrogen and oxygen atoms in total. The Morgan fingerprint density at radius 2 is 2.07 bits per heavy atom. The molecule has 0 aliphatic rings. The molecule has 1 heterocycles. The Morgan fingerprint density at radius 3 is 2.67 bits per heavy atom. The van der Waals surface area contributed by atoms with Crippen LogP contribution in [0.3, 0.4) is 0 Å². The molecule has 2 aromatic rings. The van der Waals surface area contributed by atoms with Crippen molar-refractivity contribution in [1.82, 2.24) is 10.1 Å². The molecule has 1 aromatic heterocycles. The van der Waals surface area contributed by atoms with Gasteiger partial charge in [0.25, 0.3) is 5.89 Å². The largest absolute Gasteiger partial charge is 0.496 e. The van der Waals surface area contributed by atoms with Gasteiger partial charge in [-0.25, -0.2) is 0 Å². The van der Waals surface area contributed by atoms with E-state index in [-0.39, 0.29) is 0 Å². The van der Waals surface area contributed by atoms with Gasteiger partial charge in [0.2, 0.25) is 0 Å². The van der Waals surface area contributed by atoms with Crippen LogP contribution in [0.5, 0.6) is 5.75 Å². The van der Waals surface area contributed by atoms with Crippen LogP contribution in [0, 0.1) is 13.8 Å². The third-order valence-electron chi connectivity index (χ3n) is 2.20. The van der Waals surface area contributed by atoms with Crippen molar-refractivity contribution in [2.45, 2.75) is 13.8 Å². The van der Waals surface area contributed by atoms with Crippen LogP contribution in [-0.4, -0.2) is 17.3 Å². The predicted molar refractivity (Wildman–Crippen MR) is 55.8 cm³/mol. The summed E-state index contributed by atoms with van der Waals surface area (Å²) in [7, 11) is 1.63. The first kappa shape index (κ1) is 9.71. The molecule has 0 spiro atoms. The molecule has 0 unspecified atom stereocenters. The van der Waals surface area contributed by atoms with Crippen molar-refractivity contribution >= 4 is 0 Å². The van der Waals surface area contributed by atoms with Gasteiger partial charge in [0.15, 0.2) is 5.82 Å². The highest BCUT2D eigenvalue weighted by Gasteiger charge is 2.14. The van der Waals surface area contributed by atoms with Crippen molar-refractivity contribution in [3.63, 3.8) is 0 Å². The Kier molecular flexibility index (Phi) is 2.41. The molecule has 0 saturated carbocycles. The topological polar surface area (TPSA) is 48.2 Å². The highest BCUT2D eigenvalue weighted by molar-refractivity contribution is 5.66. The summed E-state index contributed by atoms with van der Waals surface area (Å²) in [6.45, 7) is 3.77. The minimum atomic E-state index is 0.502. The molecule has 0 atom stereocenters. The molecular formula is C11H12N2O2. The molecule has 0 N–H and O–H groups in total. The Hall–Kier alpha value is -1.84. The highest BCUT2D eigenvalue weighted by atomic mass is 16.5. The minimum Gasteiger partial charge on any atom is -0.496 e. The summed E-state index contributed by atoms with van der Waals surface area (Å²) in [4.78, 5) is 4.19. The van der Waals surface area contributed by atoms with Crippen molar-refractivity contribution in [2.75, 3.05) is 7.11 Å². The second kappa shape index (κ2) is 3.73. The van der Waals surface area contributed by atoms with Gasteiger partial charge >= 0.3 is 0 Å². The van der Waals surface area contributed by atoms with Gasteiger partial charge in [-0.1, -0.05) is 17.3 Å². The van der Waals surface area contributed by atoms with Crippen molar-refractivity contribution < 1.29 is 9.26 Å². The molecule has 0 aliphatic carbocycles. The Bertz CT molecular complexity index is 477. The molecular weight excluding hydrogens is 192 g/mol.